The summed E-state index contributed by atoms with van der Waals surface area (Å²) < 4.78 is 5.41. The average Bonchev–Trinajstić information content (AvgIpc) is 2.99. The molecule has 3 rings (SSSR count). The Balaban J connectivity index is 2.08. The molecule has 1 aromatic carbocycles. The molecule has 0 radical (unpaired) electrons. The normalized spacial score (nSPS) is 18.4. The van der Waals surface area contributed by atoms with Gasteiger partial charge in [-0.05, 0) is 18.6 Å². The van der Waals surface area contributed by atoms with Crippen molar-refractivity contribution in [2.24, 2.45) is 0 Å². The highest BCUT2D eigenvalue weighted by molar-refractivity contribution is 5.83. The van der Waals surface area contributed by atoms with E-state index >= 15 is 0 Å². The number of hydrogen-bond acceptors (Lipinski definition) is 4. The number of anilines is 1. The van der Waals surface area contributed by atoms with Crippen molar-refractivity contribution in [2.45, 2.75) is 12.5 Å². The molecule has 0 saturated carbocycles. The van der Waals surface area contributed by atoms with E-state index < -0.39 is 0 Å². The first-order chi connectivity index (χ1) is 9.29. The van der Waals surface area contributed by atoms with Crippen LogP contribution in [0.4, 0.5) is 5.82 Å². The number of para-hydroxylation sites is 1. The van der Waals surface area contributed by atoms with Crippen LogP contribution in [0.3, 0.4) is 0 Å². The van der Waals surface area contributed by atoms with E-state index in [-0.39, 0.29) is 0 Å². The SMILES string of the molecule is CN(c1nc2ccccc2cc1C#N)C1CCOC1. The summed E-state index contributed by atoms with van der Waals surface area (Å²) in [5.74, 6) is 0.747. The second kappa shape index (κ2) is 4.87. The van der Waals surface area contributed by atoms with Gasteiger partial charge in [-0.2, -0.15) is 5.26 Å². The Bertz CT molecular complexity index is 641. The third-order valence-corrected chi connectivity index (χ3v) is 3.61. The quantitative estimate of drug-likeness (QED) is 0.824. The van der Waals surface area contributed by atoms with Gasteiger partial charge in [0, 0.05) is 19.0 Å². The van der Waals surface area contributed by atoms with Crippen LogP contribution in [0, 0.1) is 11.3 Å². The van der Waals surface area contributed by atoms with Gasteiger partial charge in [-0.15, -0.1) is 0 Å². The predicted octanol–water partition coefficient (Wildman–Crippen LogP) is 2.33. The van der Waals surface area contributed by atoms with E-state index in [1.165, 1.54) is 0 Å². The third kappa shape index (κ3) is 2.13. The summed E-state index contributed by atoms with van der Waals surface area (Å²) in [4.78, 5) is 6.71. The van der Waals surface area contributed by atoms with Crippen LogP contribution in [-0.4, -0.2) is 31.3 Å². The van der Waals surface area contributed by atoms with E-state index in [9.17, 15) is 5.26 Å². The van der Waals surface area contributed by atoms with E-state index in [4.69, 9.17) is 4.74 Å². The second-order valence-corrected chi connectivity index (χ2v) is 4.79. The molecule has 2 heterocycles. The highest BCUT2D eigenvalue weighted by atomic mass is 16.5. The number of benzene rings is 1. The lowest BCUT2D eigenvalue weighted by molar-refractivity contribution is 0.193. The number of nitriles is 1. The molecule has 4 heteroatoms. The molecule has 1 fully saturated rings. The molecule has 1 aliphatic rings. The van der Waals surface area contributed by atoms with Crippen molar-refractivity contribution < 1.29 is 4.74 Å². The van der Waals surface area contributed by atoms with Gasteiger partial charge in [-0.1, -0.05) is 18.2 Å². The molecule has 4 nitrogen and oxygen atoms in total. The maximum absolute atomic E-state index is 9.32. The number of rotatable bonds is 2. The zero-order valence-electron chi connectivity index (χ0n) is 10.8. The summed E-state index contributed by atoms with van der Waals surface area (Å²) in [5, 5.41) is 10.3. The van der Waals surface area contributed by atoms with E-state index in [1.807, 2.05) is 37.4 Å². The molecule has 2 aromatic rings. The van der Waals surface area contributed by atoms with Gasteiger partial charge in [0.25, 0.3) is 0 Å². The Morgan fingerprint density at radius 2 is 2.26 bits per heavy atom. The monoisotopic (exact) mass is 253 g/mol. The van der Waals surface area contributed by atoms with Gasteiger partial charge in [-0.3, -0.25) is 0 Å². The van der Waals surface area contributed by atoms with Crippen LogP contribution in [-0.2, 0) is 4.74 Å². The topological polar surface area (TPSA) is 49.2 Å². The fraction of sp³-hybridized carbons (Fsp3) is 0.333. The fourth-order valence-electron chi connectivity index (χ4n) is 2.46. The van der Waals surface area contributed by atoms with Gasteiger partial charge in [0.2, 0.25) is 0 Å². The molecular formula is C15H15N3O. The number of aromatic nitrogens is 1. The Hall–Kier alpha value is -2.12. The molecule has 1 atom stereocenters. The maximum atomic E-state index is 9.32. The first-order valence-electron chi connectivity index (χ1n) is 6.40. The van der Waals surface area contributed by atoms with Crippen molar-refractivity contribution in [2.75, 3.05) is 25.2 Å². The molecule has 1 saturated heterocycles. The van der Waals surface area contributed by atoms with Gasteiger partial charge in [0.05, 0.1) is 23.7 Å². The van der Waals surface area contributed by atoms with Crippen LogP contribution >= 0.6 is 0 Å². The van der Waals surface area contributed by atoms with E-state index in [0.717, 1.165) is 29.7 Å². The Labute approximate surface area is 112 Å². The van der Waals surface area contributed by atoms with E-state index in [0.29, 0.717) is 18.2 Å². The van der Waals surface area contributed by atoms with Gasteiger partial charge in [0.15, 0.2) is 0 Å². The van der Waals surface area contributed by atoms with Gasteiger partial charge < -0.3 is 9.64 Å². The largest absolute Gasteiger partial charge is 0.379 e. The van der Waals surface area contributed by atoms with Crippen LogP contribution in [0.2, 0.25) is 0 Å². The maximum Gasteiger partial charge on any atom is 0.147 e. The summed E-state index contributed by atoms with van der Waals surface area (Å²) in [6.45, 7) is 1.49. The molecule has 0 spiro atoms. The minimum atomic E-state index is 0.306. The van der Waals surface area contributed by atoms with Crippen molar-refractivity contribution in [3.05, 3.63) is 35.9 Å². The molecule has 0 aliphatic carbocycles. The molecule has 1 aromatic heterocycles. The molecule has 0 bridgehead atoms. The zero-order chi connectivity index (χ0) is 13.2. The molecule has 0 N–H and O–H groups in total. The highest BCUT2D eigenvalue weighted by Crippen LogP contribution is 2.25. The lowest BCUT2D eigenvalue weighted by Crippen LogP contribution is -2.33. The molecular weight excluding hydrogens is 238 g/mol. The molecule has 1 aliphatic heterocycles. The summed E-state index contributed by atoms with van der Waals surface area (Å²) in [5.41, 5.74) is 1.54. The second-order valence-electron chi connectivity index (χ2n) is 4.79. The first-order valence-corrected chi connectivity index (χ1v) is 6.40. The lowest BCUT2D eigenvalue weighted by Gasteiger charge is -2.25. The Kier molecular flexibility index (Phi) is 3.06. The van der Waals surface area contributed by atoms with Crippen LogP contribution in [0.25, 0.3) is 10.9 Å². The van der Waals surface area contributed by atoms with Gasteiger partial charge >= 0.3 is 0 Å². The number of pyridine rings is 1. The summed E-state index contributed by atoms with van der Waals surface area (Å²) in [6.07, 6.45) is 0.982. The van der Waals surface area contributed by atoms with Crippen LogP contribution < -0.4 is 4.90 Å². The van der Waals surface area contributed by atoms with Crippen LogP contribution in [0.1, 0.15) is 12.0 Å². The number of hydrogen-bond donors (Lipinski definition) is 0. The molecule has 0 amide bonds. The minimum Gasteiger partial charge on any atom is -0.379 e. The van der Waals surface area contributed by atoms with Crippen molar-refractivity contribution in [1.82, 2.24) is 4.98 Å². The van der Waals surface area contributed by atoms with Crippen molar-refractivity contribution in [3.8, 4) is 6.07 Å². The van der Waals surface area contributed by atoms with Crippen molar-refractivity contribution in [1.29, 1.82) is 5.26 Å². The summed E-state index contributed by atoms with van der Waals surface area (Å²) in [6, 6.07) is 12.3. The van der Waals surface area contributed by atoms with Crippen LogP contribution in [0.15, 0.2) is 30.3 Å². The van der Waals surface area contributed by atoms with Crippen LogP contribution in [0.5, 0.6) is 0 Å². The zero-order valence-corrected chi connectivity index (χ0v) is 10.8. The van der Waals surface area contributed by atoms with E-state index in [2.05, 4.69) is 16.0 Å². The summed E-state index contributed by atoms with van der Waals surface area (Å²) in [7, 11) is 1.98. The minimum absolute atomic E-state index is 0.306. The first kappa shape index (κ1) is 11.9. The van der Waals surface area contributed by atoms with Gasteiger partial charge in [0.1, 0.15) is 11.9 Å². The van der Waals surface area contributed by atoms with Gasteiger partial charge in [-0.25, -0.2) is 4.98 Å². The Morgan fingerprint density at radius 1 is 1.42 bits per heavy atom. The predicted molar refractivity (Wildman–Crippen MR) is 74.1 cm³/mol. The number of fused-ring (bicyclic) bond motifs is 1. The average molecular weight is 253 g/mol. The number of ether oxygens (including phenoxy) is 1. The van der Waals surface area contributed by atoms with Crippen molar-refractivity contribution in [3.63, 3.8) is 0 Å². The molecule has 19 heavy (non-hydrogen) atoms. The fourth-order valence-corrected chi connectivity index (χ4v) is 2.46. The molecule has 96 valence electrons. The summed E-state index contributed by atoms with van der Waals surface area (Å²) >= 11 is 0. The smallest absolute Gasteiger partial charge is 0.147 e. The molecule has 1 unspecified atom stereocenters. The lowest BCUT2D eigenvalue weighted by atomic mass is 10.1. The number of nitrogens with zero attached hydrogens (tertiary/aromatic N) is 3. The Morgan fingerprint density at radius 3 is 3.00 bits per heavy atom. The standard InChI is InChI=1S/C15H15N3O/c1-18(13-6-7-19-10-13)15-12(9-16)8-11-4-2-3-5-14(11)17-15/h2-5,8,13H,6-7,10H2,1H3. The number of likely N-dealkylation sites (N-methyl/N-ethyl adjacent to an activating group) is 1. The van der Waals surface area contributed by atoms with Crippen molar-refractivity contribution >= 4 is 16.7 Å². The third-order valence-electron chi connectivity index (χ3n) is 3.61. The van der Waals surface area contributed by atoms with E-state index in [1.54, 1.807) is 0 Å². The highest BCUT2D eigenvalue weighted by Gasteiger charge is 2.23.